The van der Waals surface area contributed by atoms with Gasteiger partial charge in [-0.15, -0.1) is 0 Å². The average molecular weight is 229 g/mol. The summed E-state index contributed by atoms with van der Waals surface area (Å²) in [6.07, 6.45) is 0.676. The van der Waals surface area contributed by atoms with E-state index in [2.05, 4.69) is 4.18 Å². The first-order valence-electron chi connectivity index (χ1n) is 4.26. The van der Waals surface area contributed by atoms with Crippen LogP contribution in [0.5, 0.6) is 0 Å². The number of anilines is 1. The lowest BCUT2D eigenvalue weighted by Gasteiger charge is -2.04. The highest BCUT2D eigenvalue weighted by Crippen LogP contribution is 2.15. The Kier molecular flexibility index (Phi) is 3.81. The molecule has 0 saturated heterocycles. The van der Waals surface area contributed by atoms with Gasteiger partial charge in [-0.1, -0.05) is 6.92 Å². The molecule has 1 aromatic carbocycles. The Hall–Kier alpha value is -1.40. The molecule has 0 saturated carbocycles. The van der Waals surface area contributed by atoms with Gasteiger partial charge in [0, 0.05) is 5.69 Å². The lowest BCUT2D eigenvalue weighted by atomic mass is 10.1. The van der Waals surface area contributed by atoms with Crippen LogP contribution in [0.4, 0.5) is 5.69 Å². The summed E-state index contributed by atoms with van der Waals surface area (Å²) in [5, 5.41) is 0. The number of rotatable bonds is 3. The van der Waals surface area contributed by atoms with Gasteiger partial charge >= 0.3 is 17.3 Å². The minimum Gasteiger partial charge on any atom is -0.399 e. The molecular weight excluding hydrogens is 218 g/mol. The highest BCUT2D eigenvalue weighted by atomic mass is 32.2. The maximum Gasteiger partial charge on any atom is 0.360 e. The molecule has 0 aromatic heterocycles. The van der Waals surface area contributed by atoms with Crippen molar-refractivity contribution in [2.24, 2.45) is 0 Å². The molecule has 1 unspecified atom stereocenters. The molecule has 1 rings (SSSR count). The third-order valence-electron chi connectivity index (χ3n) is 1.91. The normalized spacial score (nSPS) is 12.1. The van der Waals surface area contributed by atoms with Crippen molar-refractivity contribution in [2.45, 2.75) is 13.3 Å². The summed E-state index contributed by atoms with van der Waals surface area (Å²) in [4.78, 5) is 11.2. The van der Waals surface area contributed by atoms with E-state index in [1.54, 1.807) is 12.1 Å². The van der Waals surface area contributed by atoms with Crippen molar-refractivity contribution >= 4 is 23.0 Å². The number of nitrogen functional groups attached to an aromatic ring is 1. The molecule has 0 amide bonds. The quantitative estimate of drug-likeness (QED) is 0.599. The maximum atomic E-state index is 11.2. The van der Waals surface area contributed by atoms with Crippen molar-refractivity contribution < 1.29 is 17.7 Å². The summed E-state index contributed by atoms with van der Waals surface area (Å²) in [6, 6.07) is 4.56. The lowest BCUT2D eigenvalue weighted by molar-refractivity contribution is 0.0743. The Labute approximate surface area is 89.7 Å². The van der Waals surface area contributed by atoms with Crippen LogP contribution < -0.4 is 5.73 Å². The van der Waals surface area contributed by atoms with Crippen LogP contribution in [0.15, 0.2) is 18.2 Å². The van der Waals surface area contributed by atoms with Crippen LogP contribution in [-0.2, 0) is 22.0 Å². The molecule has 1 atom stereocenters. The predicted molar refractivity (Wildman–Crippen MR) is 56.4 cm³/mol. The number of aryl methyl sites for hydroxylation is 1. The maximum absolute atomic E-state index is 11.2. The molecule has 0 fully saturated rings. The van der Waals surface area contributed by atoms with Crippen LogP contribution >= 0.6 is 0 Å². The number of hydrogen-bond acceptors (Lipinski definition) is 4. The zero-order valence-electron chi connectivity index (χ0n) is 8.10. The van der Waals surface area contributed by atoms with Crippen LogP contribution in [0.25, 0.3) is 0 Å². The molecule has 0 heterocycles. The minimum atomic E-state index is -2.59. The van der Waals surface area contributed by atoms with E-state index >= 15 is 0 Å². The van der Waals surface area contributed by atoms with Gasteiger partial charge in [0.05, 0.1) is 5.56 Å². The van der Waals surface area contributed by atoms with E-state index in [-0.39, 0.29) is 5.56 Å². The number of hydrogen-bond donors (Lipinski definition) is 2. The molecule has 0 aliphatic heterocycles. The van der Waals surface area contributed by atoms with Gasteiger partial charge in [-0.2, -0.15) is 4.21 Å². The molecule has 0 radical (unpaired) electrons. The van der Waals surface area contributed by atoms with E-state index in [4.69, 9.17) is 10.3 Å². The minimum absolute atomic E-state index is 0.212. The van der Waals surface area contributed by atoms with Crippen LogP contribution in [0.1, 0.15) is 22.8 Å². The van der Waals surface area contributed by atoms with E-state index in [0.29, 0.717) is 12.1 Å². The topological polar surface area (TPSA) is 89.6 Å². The van der Waals surface area contributed by atoms with Crippen LogP contribution in [0.2, 0.25) is 0 Å². The van der Waals surface area contributed by atoms with Crippen molar-refractivity contribution in [1.29, 1.82) is 0 Å². The summed E-state index contributed by atoms with van der Waals surface area (Å²) in [7, 11) is 0. The molecule has 0 spiro atoms. The smallest absolute Gasteiger partial charge is 0.360 e. The van der Waals surface area contributed by atoms with Gasteiger partial charge in [-0.3, -0.25) is 4.55 Å². The predicted octanol–water partition coefficient (Wildman–Crippen LogP) is 1.12. The van der Waals surface area contributed by atoms with Gasteiger partial charge in [0.15, 0.2) is 0 Å². The van der Waals surface area contributed by atoms with E-state index in [0.717, 1.165) is 5.56 Å². The Morgan fingerprint density at radius 3 is 2.80 bits per heavy atom. The second-order valence-electron chi connectivity index (χ2n) is 2.86. The number of carbonyl (C=O) groups is 1. The second kappa shape index (κ2) is 4.90. The van der Waals surface area contributed by atoms with Crippen molar-refractivity contribution in [1.82, 2.24) is 0 Å². The van der Waals surface area contributed by atoms with E-state index in [1.807, 2.05) is 6.92 Å². The van der Waals surface area contributed by atoms with Gasteiger partial charge in [-0.25, -0.2) is 4.79 Å². The van der Waals surface area contributed by atoms with E-state index in [9.17, 15) is 9.00 Å². The Bertz CT molecular complexity index is 405. The fourth-order valence-electron chi connectivity index (χ4n) is 1.15. The number of carbonyl (C=O) groups excluding carboxylic acids is 1. The van der Waals surface area contributed by atoms with Crippen LogP contribution in [-0.4, -0.2) is 14.7 Å². The summed E-state index contributed by atoms with van der Waals surface area (Å²) < 4.78 is 22.7. The first-order valence-corrected chi connectivity index (χ1v) is 5.29. The number of nitrogens with two attached hydrogens (primary N) is 1. The van der Waals surface area contributed by atoms with Crippen LogP contribution in [0.3, 0.4) is 0 Å². The van der Waals surface area contributed by atoms with Gasteiger partial charge < -0.3 is 9.92 Å². The van der Waals surface area contributed by atoms with Crippen molar-refractivity contribution in [2.75, 3.05) is 5.73 Å². The Morgan fingerprint density at radius 2 is 2.27 bits per heavy atom. The van der Waals surface area contributed by atoms with Gasteiger partial charge in [0.1, 0.15) is 0 Å². The Morgan fingerprint density at radius 1 is 1.60 bits per heavy atom. The molecule has 15 heavy (non-hydrogen) atoms. The zero-order chi connectivity index (χ0) is 11.4. The largest absolute Gasteiger partial charge is 0.399 e. The number of benzene rings is 1. The first-order chi connectivity index (χ1) is 7.04. The van der Waals surface area contributed by atoms with Crippen LogP contribution in [0, 0.1) is 0 Å². The van der Waals surface area contributed by atoms with Crippen molar-refractivity contribution in [3.63, 3.8) is 0 Å². The molecular formula is C9H11NO4S. The lowest BCUT2D eigenvalue weighted by Crippen LogP contribution is -2.08. The second-order valence-corrected chi connectivity index (χ2v) is 3.46. The summed E-state index contributed by atoms with van der Waals surface area (Å²) >= 11 is -2.59. The summed E-state index contributed by atoms with van der Waals surface area (Å²) in [5.41, 5.74) is 7.23. The Balaban J connectivity index is 2.95. The molecule has 5 nitrogen and oxygen atoms in total. The molecule has 1 aromatic rings. The van der Waals surface area contributed by atoms with Crippen molar-refractivity contribution in [3.05, 3.63) is 29.3 Å². The SMILES string of the molecule is CCc1cc(C(=O)OS(=O)O)ccc1N. The van der Waals surface area contributed by atoms with E-state index in [1.165, 1.54) is 6.07 Å². The molecule has 0 aliphatic rings. The molecule has 0 bridgehead atoms. The highest BCUT2D eigenvalue weighted by molar-refractivity contribution is 7.74. The average Bonchev–Trinajstić information content (AvgIpc) is 2.17. The van der Waals surface area contributed by atoms with Gasteiger partial charge in [-0.05, 0) is 30.2 Å². The summed E-state index contributed by atoms with van der Waals surface area (Å²) in [6.45, 7) is 1.89. The third-order valence-corrected chi connectivity index (χ3v) is 2.20. The summed E-state index contributed by atoms with van der Waals surface area (Å²) in [5.74, 6) is -0.842. The fourth-order valence-corrected chi connectivity index (χ4v) is 1.38. The van der Waals surface area contributed by atoms with Gasteiger partial charge in [0.2, 0.25) is 0 Å². The third kappa shape index (κ3) is 3.03. The van der Waals surface area contributed by atoms with Gasteiger partial charge in [0.25, 0.3) is 0 Å². The molecule has 3 N–H and O–H groups in total. The monoisotopic (exact) mass is 229 g/mol. The first kappa shape index (κ1) is 11.7. The molecule has 82 valence electrons. The fraction of sp³-hybridized carbons (Fsp3) is 0.222. The van der Waals surface area contributed by atoms with E-state index < -0.39 is 17.3 Å². The molecule has 0 aliphatic carbocycles. The highest BCUT2D eigenvalue weighted by Gasteiger charge is 2.11. The molecule has 6 heteroatoms. The zero-order valence-corrected chi connectivity index (χ0v) is 8.91. The standard InChI is InChI=1S/C9H11NO4S/c1-2-6-5-7(3-4-8(6)10)9(11)14-15(12)13/h3-5H,2,10H2,1H3,(H,12,13). The van der Waals surface area contributed by atoms with Crippen molar-refractivity contribution in [3.8, 4) is 0 Å².